The predicted molar refractivity (Wildman–Crippen MR) is 109 cm³/mol. The highest BCUT2D eigenvalue weighted by molar-refractivity contribution is 5.91. The number of hydrogen-bond donors (Lipinski definition) is 1. The zero-order chi connectivity index (χ0) is 21.1. The van der Waals surface area contributed by atoms with Gasteiger partial charge in [-0.05, 0) is 80.6 Å². The van der Waals surface area contributed by atoms with E-state index in [1.807, 2.05) is 0 Å². The number of benzene rings is 2. The zero-order valence-corrected chi connectivity index (χ0v) is 16.6. The number of aromatic hydroxyl groups is 1. The van der Waals surface area contributed by atoms with E-state index in [0.717, 1.165) is 31.8 Å². The van der Waals surface area contributed by atoms with Crippen LogP contribution in [0, 0.1) is 6.92 Å². The highest BCUT2D eigenvalue weighted by Crippen LogP contribution is 2.23. The molecule has 0 saturated heterocycles. The molecule has 0 heterocycles. The maximum Gasteiger partial charge on any atom is 0.343 e. The lowest BCUT2D eigenvalue weighted by Crippen LogP contribution is -2.09. The van der Waals surface area contributed by atoms with E-state index in [0.29, 0.717) is 35.8 Å². The van der Waals surface area contributed by atoms with Gasteiger partial charge in [-0.2, -0.15) is 0 Å². The molecule has 154 valence electrons. The molecule has 2 aromatic rings. The Morgan fingerprint density at radius 2 is 1.69 bits per heavy atom. The van der Waals surface area contributed by atoms with Crippen molar-refractivity contribution < 1.29 is 28.9 Å². The van der Waals surface area contributed by atoms with E-state index in [4.69, 9.17) is 14.2 Å². The van der Waals surface area contributed by atoms with Gasteiger partial charge in [-0.3, -0.25) is 0 Å². The van der Waals surface area contributed by atoms with Crippen LogP contribution in [0.2, 0.25) is 0 Å². The van der Waals surface area contributed by atoms with Crippen LogP contribution in [0.15, 0.2) is 55.1 Å². The van der Waals surface area contributed by atoms with Crippen molar-refractivity contribution in [1.82, 2.24) is 0 Å². The van der Waals surface area contributed by atoms with Crippen LogP contribution in [-0.2, 0) is 9.53 Å². The van der Waals surface area contributed by atoms with Gasteiger partial charge in [0, 0.05) is 6.08 Å². The average molecular weight is 398 g/mol. The van der Waals surface area contributed by atoms with E-state index in [9.17, 15) is 14.7 Å². The molecule has 0 atom stereocenters. The molecule has 0 saturated carbocycles. The number of carbonyl (C=O) groups excluding carboxylic acids is 2. The van der Waals surface area contributed by atoms with Crippen LogP contribution in [0.25, 0.3) is 0 Å². The standard InChI is InChI=1S/C23H26O6/c1-3-22(25)28-15-7-5-4-6-14-27-20-11-8-18(9-12-20)23(26)29-21-13-10-19(24)16-17(21)2/h3,8-13,16,24H,1,4-7,14-15H2,2H3. The number of ether oxygens (including phenoxy) is 3. The fourth-order valence-corrected chi connectivity index (χ4v) is 2.57. The summed E-state index contributed by atoms with van der Waals surface area (Å²) in [5, 5.41) is 9.42. The van der Waals surface area contributed by atoms with Gasteiger partial charge in [0.25, 0.3) is 0 Å². The lowest BCUT2D eigenvalue weighted by atomic mass is 10.2. The maximum atomic E-state index is 12.2. The van der Waals surface area contributed by atoms with Gasteiger partial charge in [0.2, 0.25) is 0 Å². The van der Waals surface area contributed by atoms with Gasteiger partial charge in [-0.25, -0.2) is 9.59 Å². The SMILES string of the molecule is C=CC(=O)OCCCCCCOc1ccc(C(=O)Oc2ccc(O)cc2C)cc1. The number of phenols is 1. The predicted octanol–water partition coefficient (Wildman–Crippen LogP) is 4.59. The quantitative estimate of drug-likeness (QED) is 0.258. The van der Waals surface area contributed by atoms with Gasteiger partial charge in [-0.1, -0.05) is 6.58 Å². The molecule has 1 N–H and O–H groups in total. The maximum absolute atomic E-state index is 12.2. The molecule has 0 amide bonds. The summed E-state index contributed by atoms with van der Waals surface area (Å²) in [5.41, 5.74) is 1.09. The summed E-state index contributed by atoms with van der Waals surface area (Å²) < 4.78 is 16.0. The molecule has 0 radical (unpaired) electrons. The van der Waals surface area contributed by atoms with Crippen LogP contribution >= 0.6 is 0 Å². The molecule has 29 heavy (non-hydrogen) atoms. The van der Waals surface area contributed by atoms with Gasteiger partial charge in [0.15, 0.2) is 0 Å². The molecule has 0 aromatic heterocycles. The summed E-state index contributed by atoms with van der Waals surface area (Å²) in [5.74, 6) is 0.357. The second kappa shape index (κ2) is 11.5. The van der Waals surface area contributed by atoms with E-state index >= 15 is 0 Å². The van der Waals surface area contributed by atoms with Crippen LogP contribution in [0.5, 0.6) is 17.2 Å². The van der Waals surface area contributed by atoms with Crippen molar-refractivity contribution in [3.8, 4) is 17.2 Å². The average Bonchev–Trinajstić information content (AvgIpc) is 2.72. The minimum Gasteiger partial charge on any atom is -0.508 e. The number of carbonyl (C=O) groups is 2. The second-order valence-electron chi connectivity index (χ2n) is 6.50. The third-order valence-electron chi connectivity index (χ3n) is 4.17. The molecule has 0 bridgehead atoms. The normalized spacial score (nSPS) is 10.2. The summed E-state index contributed by atoms with van der Waals surface area (Å²) in [7, 11) is 0. The van der Waals surface area contributed by atoms with Crippen molar-refractivity contribution in [2.45, 2.75) is 32.6 Å². The number of hydrogen-bond acceptors (Lipinski definition) is 6. The summed E-state index contributed by atoms with van der Waals surface area (Å²) in [6, 6.07) is 11.3. The molecular formula is C23H26O6. The molecule has 2 aromatic carbocycles. The van der Waals surface area contributed by atoms with Gasteiger partial charge >= 0.3 is 11.9 Å². The first-order chi connectivity index (χ1) is 14.0. The minimum absolute atomic E-state index is 0.125. The first kappa shape index (κ1) is 22.0. The second-order valence-corrected chi connectivity index (χ2v) is 6.50. The molecule has 0 fully saturated rings. The monoisotopic (exact) mass is 398 g/mol. The van der Waals surface area contributed by atoms with Crippen molar-refractivity contribution in [1.29, 1.82) is 0 Å². The number of phenolic OH excluding ortho intramolecular Hbond substituents is 1. The Morgan fingerprint density at radius 3 is 2.34 bits per heavy atom. The van der Waals surface area contributed by atoms with E-state index < -0.39 is 5.97 Å². The van der Waals surface area contributed by atoms with Crippen LogP contribution in [0.4, 0.5) is 0 Å². The summed E-state index contributed by atoms with van der Waals surface area (Å²) >= 11 is 0. The fraction of sp³-hybridized carbons (Fsp3) is 0.304. The largest absolute Gasteiger partial charge is 0.508 e. The smallest absolute Gasteiger partial charge is 0.343 e. The molecule has 0 aliphatic carbocycles. The van der Waals surface area contributed by atoms with Gasteiger partial charge < -0.3 is 19.3 Å². The first-order valence-corrected chi connectivity index (χ1v) is 9.53. The van der Waals surface area contributed by atoms with Crippen molar-refractivity contribution in [3.05, 3.63) is 66.2 Å². The molecule has 0 unspecified atom stereocenters. The Balaban J connectivity index is 1.68. The first-order valence-electron chi connectivity index (χ1n) is 9.53. The highest BCUT2D eigenvalue weighted by atomic mass is 16.5. The van der Waals surface area contributed by atoms with Crippen molar-refractivity contribution in [2.75, 3.05) is 13.2 Å². The lowest BCUT2D eigenvalue weighted by molar-refractivity contribution is -0.137. The number of aryl methyl sites for hydroxylation is 1. The fourth-order valence-electron chi connectivity index (χ4n) is 2.57. The van der Waals surface area contributed by atoms with E-state index in [1.165, 1.54) is 12.1 Å². The molecule has 6 nitrogen and oxygen atoms in total. The van der Waals surface area contributed by atoms with E-state index in [1.54, 1.807) is 37.3 Å². The molecule has 0 aliphatic rings. The Morgan fingerprint density at radius 1 is 1.00 bits per heavy atom. The van der Waals surface area contributed by atoms with Crippen LogP contribution in [0.1, 0.15) is 41.6 Å². The van der Waals surface area contributed by atoms with Crippen LogP contribution in [0.3, 0.4) is 0 Å². The Kier molecular flexibility index (Phi) is 8.76. The Bertz CT molecular complexity index is 826. The van der Waals surface area contributed by atoms with Crippen molar-refractivity contribution in [2.24, 2.45) is 0 Å². The van der Waals surface area contributed by atoms with Crippen molar-refractivity contribution in [3.63, 3.8) is 0 Å². The molecular weight excluding hydrogens is 372 g/mol. The van der Waals surface area contributed by atoms with Gasteiger partial charge in [0.1, 0.15) is 17.2 Å². The summed E-state index contributed by atoms with van der Waals surface area (Å²) in [6.45, 7) is 6.08. The van der Waals surface area contributed by atoms with Gasteiger partial charge in [-0.15, -0.1) is 0 Å². The van der Waals surface area contributed by atoms with Gasteiger partial charge in [0.05, 0.1) is 18.8 Å². The Hall–Kier alpha value is -3.28. The molecule has 6 heteroatoms. The summed E-state index contributed by atoms with van der Waals surface area (Å²) in [6.07, 6.45) is 4.79. The van der Waals surface area contributed by atoms with E-state index in [-0.39, 0.29) is 11.7 Å². The minimum atomic E-state index is -0.470. The van der Waals surface area contributed by atoms with Crippen LogP contribution in [-0.4, -0.2) is 30.3 Å². The zero-order valence-electron chi connectivity index (χ0n) is 16.6. The van der Waals surface area contributed by atoms with Crippen molar-refractivity contribution >= 4 is 11.9 Å². The number of unbranched alkanes of at least 4 members (excludes halogenated alkanes) is 3. The number of rotatable bonds is 11. The molecule has 0 spiro atoms. The van der Waals surface area contributed by atoms with Crippen LogP contribution < -0.4 is 9.47 Å². The van der Waals surface area contributed by atoms with E-state index in [2.05, 4.69) is 6.58 Å². The molecule has 2 rings (SSSR count). The lowest BCUT2D eigenvalue weighted by Gasteiger charge is -2.09. The molecule has 0 aliphatic heterocycles. The third-order valence-corrected chi connectivity index (χ3v) is 4.17. The Labute approximate surface area is 170 Å². The summed E-state index contributed by atoms with van der Waals surface area (Å²) in [4.78, 5) is 23.1. The topological polar surface area (TPSA) is 82.1 Å². The highest BCUT2D eigenvalue weighted by Gasteiger charge is 2.11. The number of esters is 2. The third kappa shape index (κ3) is 7.70.